The number of thioether (sulfide) groups is 1. The molecule has 0 aromatic heterocycles. The first-order valence-corrected chi connectivity index (χ1v) is 8.79. The number of halogens is 1. The summed E-state index contributed by atoms with van der Waals surface area (Å²) in [7, 11) is 0. The van der Waals surface area contributed by atoms with Gasteiger partial charge in [0.15, 0.2) is 0 Å². The van der Waals surface area contributed by atoms with Gasteiger partial charge in [0.25, 0.3) is 0 Å². The van der Waals surface area contributed by atoms with E-state index in [0.29, 0.717) is 0 Å². The van der Waals surface area contributed by atoms with Crippen LogP contribution in [0.4, 0.5) is 0 Å². The van der Waals surface area contributed by atoms with Crippen molar-refractivity contribution in [2.45, 2.75) is 10.9 Å². The molecule has 0 saturated heterocycles. The monoisotopic (exact) mass is 357 g/mol. The lowest BCUT2D eigenvalue weighted by Gasteiger charge is -2.16. The molecule has 3 rings (SSSR count). The van der Waals surface area contributed by atoms with E-state index < -0.39 is 0 Å². The first kappa shape index (κ1) is 14.6. The smallest absolute Gasteiger partial charge is 0.0557 e. The van der Waals surface area contributed by atoms with Crippen LogP contribution in [0.1, 0.15) is 17.2 Å². The van der Waals surface area contributed by atoms with Gasteiger partial charge >= 0.3 is 0 Å². The summed E-state index contributed by atoms with van der Waals surface area (Å²) in [6.45, 7) is 0. The van der Waals surface area contributed by atoms with Crippen molar-refractivity contribution in [2.75, 3.05) is 6.26 Å². The molecule has 0 aliphatic carbocycles. The van der Waals surface area contributed by atoms with Crippen LogP contribution in [0.15, 0.2) is 70.0 Å². The van der Waals surface area contributed by atoms with Crippen LogP contribution < -0.4 is 5.73 Å². The maximum atomic E-state index is 6.50. The Kier molecular flexibility index (Phi) is 4.34. The Balaban J connectivity index is 2.08. The Morgan fingerprint density at radius 3 is 2.24 bits per heavy atom. The molecule has 21 heavy (non-hydrogen) atoms. The summed E-state index contributed by atoms with van der Waals surface area (Å²) >= 11 is 5.35. The van der Waals surface area contributed by atoms with Gasteiger partial charge in [-0.25, -0.2) is 0 Å². The fourth-order valence-corrected chi connectivity index (χ4v) is 3.43. The van der Waals surface area contributed by atoms with Crippen LogP contribution in [0.3, 0.4) is 0 Å². The molecular weight excluding hydrogens is 342 g/mol. The van der Waals surface area contributed by atoms with E-state index in [1.807, 2.05) is 0 Å². The Bertz CT molecular complexity index is 768. The maximum absolute atomic E-state index is 6.50. The predicted molar refractivity (Wildman–Crippen MR) is 95.9 cm³/mol. The predicted octanol–water partition coefficient (Wildman–Crippen LogP) is 5.37. The van der Waals surface area contributed by atoms with Gasteiger partial charge in [-0.15, -0.1) is 11.8 Å². The molecule has 2 N–H and O–H groups in total. The normalized spacial score (nSPS) is 12.5. The molecule has 0 fully saturated rings. The van der Waals surface area contributed by atoms with Crippen LogP contribution >= 0.6 is 27.7 Å². The highest BCUT2D eigenvalue weighted by Gasteiger charge is 2.13. The van der Waals surface area contributed by atoms with Gasteiger partial charge in [-0.2, -0.15) is 0 Å². The van der Waals surface area contributed by atoms with Gasteiger partial charge < -0.3 is 5.73 Å². The quantitative estimate of drug-likeness (QED) is 0.637. The van der Waals surface area contributed by atoms with Crippen LogP contribution in [0.25, 0.3) is 10.8 Å². The van der Waals surface area contributed by atoms with Crippen molar-refractivity contribution in [3.8, 4) is 0 Å². The Morgan fingerprint density at radius 1 is 0.905 bits per heavy atom. The van der Waals surface area contributed by atoms with Gasteiger partial charge in [0.1, 0.15) is 0 Å². The second-order valence-electron chi connectivity index (χ2n) is 4.93. The molecule has 0 heterocycles. The second-order valence-corrected chi connectivity index (χ2v) is 6.67. The lowest BCUT2D eigenvalue weighted by atomic mass is 9.94. The van der Waals surface area contributed by atoms with Crippen molar-refractivity contribution in [1.29, 1.82) is 0 Å². The average Bonchev–Trinajstić information content (AvgIpc) is 2.55. The van der Waals surface area contributed by atoms with Gasteiger partial charge in [0.05, 0.1) is 6.04 Å². The molecule has 3 aromatic carbocycles. The van der Waals surface area contributed by atoms with Gasteiger partial charge in [-0.3, -0.25) is 0 Å². The Labute approximate surface area is 137 Å². The third-order valence-corrected chi connectivity index (χ3v) is 5.15. The molecule has 0 amide bonds. The van der Waals surface area contributed by atoms with Crippen molar-refractivity contribution >= 4 is 38.5 Å². The van der Waals surface area contributed by atoms with Gasteiger partial charge in [-0.1, -0.05) is 58.4 Å². The molecule has 0 aliphatic heterocycles. The average molecular weight is 358 g/mol. The largest absolute Gasteiger partial charge is 0.320 e. The van der Waals surface area contributed by atoms with E-state index in [1.54, 1.807) is 11.8 Å². The number of hydrogen-bond donors (Lipinski definition) is 1. The van der Waals surface area contributed by atoms with E-state index in [1.165, 1.54) is 15.7 Å². The van der Waals surface area contributed by atoms with E-state index in [0.717, 1.165) is 15.6 Å². The van der Waals surface area contributed by atoms with E-state index in [4.69, 9.17) is 5.73 Å². The lowest BCUT2D eigenvalue weighted by Crippen LogP contribution is -2.12. The first-order valence-electron chi connectivity index (χ1n) is 6.77. The van der Waals surface area contributed by atoms with Crippen LogP contribution in [0, 0.1) is 0 Å². The molecule has 1 unspecified atom stereocenters. The van der Waals surface area contributed by atoms with Crippen molar-refractivity contribution in [2.24, 2.45) is 5.73 Å². The van der Waals surface area contributed by atoms with Crippen molar-refractivity contribution in [1.82, 2.24) is 0 Å². The van der Waals surface area contributed by atoms with Crippen LogP contribution in [-0.2, 0) is 0 Å². The summed E-state index contributed by atoms with van der Waals surface area (Å²) in [6.07, 6.45) is 2.08. The number of nitrogens with two attached hydrogens (primary N) is 1. The standard InChI is InChI=1S/C18H16BrNS/c1-21-13-8-6-12(7-9-13)18(20)16-10-11-17(19)15-5-3-2-4-14(15)16/h2-11,18H,20H2,1H3. The fourth-order valence-electron chi connectivity index (χ4n) is 2.55. The summed E-state index contributed by atoms with van der Waals surface area (Å²) in [6, 6.07) is 20.9. The molecule has 1 atom stereocenters. The summed E-state index contributed by atoms with van der Waals surface area (Å²) in [4.78, 5) is 1.26. The topological polar surface area (TPSA) is 26.0 Å². The molecule has 0 saturated carbocycles. The minimum absolute atomic E-state index is 0.112. The van der Waals surface area contributed by atoms with Crippen molar-refractivity contribution in [3.63, 3.8) is 0 Å². The highest BCUT2D eigenvalue weighted by atomic mass is 79.9. The molecule has 106 valence electrons. The van der Waals surface area contributed by atoms with E-state index >= 15 is 0 Å². The number of hydrogen-bond acceptors (Lipinski definition) is 2. The summed E-state index contributed by atoms with van der Waals surface area (Å²) in [5, 5.41) is 2.40. The molecule has 1 nitrogen and oxygen atoms in total. The number of rotatable bonds is 3. The number of benzene rings is 3. The van der Waals surface area contributed by atoms with Crippen LogP contribution in [0.5, 0.6) is 0 Å². The zero-order valence-corrected chi connectivity index (χ0v) is 14.1. The SMILES string of the molecule is CSc1ccc(C(N)c2ccc(Br)c3ccccc23)cc1. The van der Waals surface area contributed by atoms with Gasteiger partial charge in [0.2, 0.25) is 0 Å². The van der Waals surface area contributed by atoms with Gasteiger partial charge in [0, 0.05) is 9.37 Å². The third-order valence-electron chi connectivity index (χ3n) is 3.71. The van der Waals surface area contributed by atoms with Crippen LogP contribution in [-0.4, -0.2) is 6.26 Å². The second kappa shape index (κ2) is 6.22. The Morgan fingerprint density at radius 2 is 1.57 bits per heavy atom. The summed E-state index contributed by atoms with van der Waals surface area (Å²) in [5.74, 6) is 0. The zero-order valence-electron chi connectivity index (χ0n) is 11.7. The van der Waals surface area contributed by atoms with E-state index in [9.17, 15) is 0 Å². The minimum atomic E-state index is -0.112. The molecule has 0 radical (unpaired) electrons. The first-order chi connectivity index (χ1) is 10.2. The fraction of sp³-hybridized carbons (Fsp3) is 0.111. The van der Waals surface area contributed by atoms with Crippen LogP contribution in [0.2, 0.25) is 0 Å². The zero-order chi connectivity index (χ0) is 14.8. The Hall–Kier alpha value is -1.29. The van der Waals surface area contributed by atoms with E-state index in [-0.39, 0.29) is 6.04 Å². The third kappa shape index (κ3) is 2.86. The molecule has 0 bridgehead atoms. The molecule has 0 aliphatic rings. The number of fused-ring (bicyclic) bond motifs is 1. The summed E-state index contributed by atoms with van der Waals surface area (Å²) in [5.41, 5.74) is 8.80. The van der Waals surface area contributed by atoms with Gasteiger partial charge in [-0.05, 0) is 46.4 Å². The maximum Gasteiger partial charge on any atom is 0.0557 e. The highest BCUT2D eigenvalue weighted by molar-refractivity contribution is 9.10. The van der Waals surface area contributed by atoms with E-state index in [2.05, 4.69) is 82.8 Å². The molecular formula is C18H16BrNS. The van der Waals surface area contributed by atoms with Crippen molar-refractivity contribution in [3.05, 3.63) is 76.3 Å². The highest BCUT2D eigenvalue weighted by Crippen LogP contribution is 2.32. The lowest BCUT2D eigenvalue weighted by molar-refractivity contribution is 0.878. The molecule has 3 heteroatoms. The molecule has 0 spiro atoms. The molecule has 3 aromatic rings. The minimum Gasteiger partial charge on any atom is -0.320 e. The van der Waals surface area contributed by atoms with Crippen molar-refractivity contribution < 1.29 is 0 Å². The summed E-state index contributed by atoms with van der Waals surface area (Å²) < 4.78 is 1.10.